The second kappa shape index (κ2) is 5.45. The first-order chi connectivity index (χ1) is 8.47. The molecule has 2 N–H and O–H groups in total. The zero-order chi connectivity index (χ0) is 13.3. The van der Waals surface area contributed by atoms with Gasteiger partial charge in [0.05, 0.1) is 5.02 Å². The monoisotopic (exact) mass is 282 g/mol. The fourth-order valence-electron chi connectivity index (χ4n) is 2.77. The molecule has 2 unspecified atom stereocenters. The van der Waals surface area contributed by atoms with Gasteiger partial charge in [0, 0.05) is 24.3 Å². The fourth-order valence-corrected chi connectivity index (χ4v) is 3.28. The van der Waals surface area contributed by atoms with Crippen LogP contribution in [0.2, 0.25) is 5.02 Å². The Morgan fingerprint density at radius 2 is 1.94 bits per heavy atom. The van der Waals surface area contributed by atoms with Gasteiger partial charge >= 0.3 is 0 Å². The summed E-state index contributed by atoms with van der Waals surface area (Å²) in [5, 5.41) is 0.644. The van der Waals surface area contributed by atoms with Crippen LogP contribution in [0.25, 0.3) is 0 Å². The van der Waals surface area contributed by atoms with E-state index in [1.54, 1.807) is 0 Å². The molecule has 2 atom stereocenters. The second-order valence-electron chi connectivity index (χ2n) is 5.38. The molecule has 18 heavy (non-hydrogen) atoms. The molecule has 0 radical (unpaired) electrons. The second-order valence-corrected chi connectivity index (χ2v) is 6.23. The number of benzene rings is 1. The van der Waals surface area contributed by atoms with Gasteiger partial charge in [-0.25, -0.2) is 0 Å². The topological polar surface area (TPSA) is 29.3 Å². The molecule has 0 bridgehead atoms. The Kier molecular flexibility index (Phi) is 4.13. The van der Waals surface area contributed by atoms with E-state index in [9.17, 15) is 0 Å². The molecule has 2 rings (SSSR count). The largest absolute Gasteiger partial charge is 0.389 e. The van der Waals surface area contributed by atoms with E-state index in [-0.39, 0.29) is 0 Å². The molecule has 2 nitrogen and oxygen atoms in total. The lowest BCUT2D eigenvalue weighted by Crippen LogP contribution is -2.38. The summed E-state index contributed by atoms with van der Waals surface area (Å²) in [6, 6.07) is 5.95. The molecule has 1 saturated heterocycles. The third-order valence-corrected chi connectivity index (χ3v) is 3.98. The Hall–Kier alpha value is -0.800. The normalized spacial score (nSPS) is 24.1. The van der Waals surface area contributed by atoms with E-state index in [0.29, 0.717) is 10.0 Å². The Labute approximate surface area is 119 Å². The summed E-state index contributed by atoms with van der Waals surface area (Å²) in [6.45, 7) is 6.78. The van der Waals surface area contributed by atoms with Crippen LogP contribution >= 0.6 is 23.8 Å². The van der Waals surface area contributed by atoms with Crippen molar-refractivity contribution in [2.45, 2.75) is 20.3 Å². The highest BCUT2D eigenvalue weighted by Crippen LogP contribution is 2.29. The van der Waals surface area contributed by atoms with Crippen molar-refractivity contribution in [3.63, 3.8) is 0 Å². The Morgan fingerprint density at radius 1 is 1.33 bits per heavy atom. The van der Waals surface area contributed by atoms with Crippen LogP contribution in [0.15, 0.2) is 18.2 Å². The summed E-state index contributed by atoms with van der Waals surface area (Å²) in [5.74, 6) is 1.45. The zero-order valence-corrected chi connectivity index (χ0v) is 12.4. The van der Waals surface area contributed by atoms with E-state index in [2.05, 4.69) is 24.8 Å². The van der Waals surface area contributed by atoms with Crippen LogP contribution in [0.4, 0.5) is 5.69 Å². The standard InChI is InChI=1S/C14H19ClN2S/c1-9-5-10(2)8-17(7-9)11-3-4-12(14(16)18)13(15)6-11/h3-4,6,9-10H,5,7-8H2,1-2H3,(H2,16,18). The minimum absolute atomic E-state index is 0.354. The van der Waals surface area contributed by atoms with Crippen LogP contribution in [-0.2, 0) is 0 Å². The average Bonchev–Trinajstić information content (AvgIpc) is 2.26. The Morgan fingerprint density at radius 3 is 2.44 bits per heavy atom. The van der Waals surface area contributed by atoms with Gasteiger partial charge in [0.15, 0.2) is 0 Å². The van der Waals surface area contributed by atoms with Gasteiger partial charge in [0.25, 0.3) is 0 Å². The van der Waals surface area contributed by atoms with E-state index in [4.69, 9.17) is 29.6 Å². The first kappa shape index (κ1) is 13.6. The summed E-state index contributed by atoms with van der Waals surface area (Å²) in [4.78, 5) is 2.75. The predicted molar refractivity (Wildman–Crippen MR) is 82.5 cm³/mol. The summed E-state index contributed by atoms with van der Waals surface area (Å²) < 4.78 is 0. The minimum Gasteiger partial charge on any atom is -0.389 e. The molecule has 1 heterocycles. The molecule has 98 valence electrons. The molecule has 0 saturated carbocycles. The van der Waals surface area contributed by atoms with Crippen LogP contribution < -0.4 is 10.6 Å². The minimum atomic E-state index is 0.354. The molecule has 1 aliphatic heterocycles. The molecule has 1 aromatic rings. The van der Waals surface area contributed by atoms with Gasteiger partial charge in [-0.2, -0.15) is 0 Å². The van der Waals surface area contributed by atoms with Gasteiger partial charge in [0.1, 0.15) is 4.99 Å². The van der Waals surface area contributed by atoms with Gasteiger partial charge in [0.2, 0.25) is 0 Å². The Bertz CT molecular complexity index is 451. The van der Waals surface area contributed by atoms with Crippen LogP contribution in [0.3, 0.4) is 0 Å². The number of nitrogens with zero attached hydrogens (tertiary/aromatic N) is 1. The highest BCUT2D eigenvalue weighted by molar-refractivity contribution is 7.80. The number of thiocarbonyl (C=S) groups is 1. The predicted octanol–water partition coefficient (Wildman–Crippen LogP) is 3.46. The van der Waals surface area contributed by atoms with E-state index in [1.807, 2.05) is 12.1 Å². The van der Waals surface area contributed by atoms with E-state index < -0.39 is 0 Å². The highest BCUT2D eigenvalue weighted by atomic mass is 35.5. The molecular formula is C14H19ClN2S. The van der Waals surface area contributed by atoms with Crippen molar-refractivity contribution in [2.75, 3.05) is 18.0 Å². The summed E-state index contributed by atoms with van der Waals surface area (Å²) in [7, 11) is 0. The smallest absolute Gasteiger partial charge is 0.105 e. The van der Waals surface area contributed by atoms with Crippen molar-refractivity contribution in [3.8, 4) is 0 Å². The number of nitrogens with two attached hydrogens (primary N) is 1. The Balaban J connectivity index is 2.23. The van der Waals surface area contributed by atoms with Crippen molar-refractivity contribution in [3.05, 3.63) is 28.8 Å². The summed E-state index contributed by atoms with van der Waals surface area (Å²) >= 11 is 11.2. The number of hydrogen-bond donors (Lipinski definition) is 1. The molecule has 0 aliphatic carbocycles. The molecule has 1 aliphatic rings. The summed E-state index contributed by atoms with van der Waals surface area (Å²) in [6.07, 6.45) is 1.30. The van der Waals surface area contributed by atoms with Gasteiger partial charge < -0.3 is 10.6 Å². The van der Waals surface area contributed by atoms with Gasteiger partial charge in [-0.05, 0) is 36.5 Å². The van der Waals surface area contributed by atoms with E-state index in [1.165, 1.54) is 12.1 Å². The molecule has 1 fully saturated rings. The van der Waals surface area contributed by atoms with Crippen molar-refractivity contribution in [1.82, 2.24) is 0 Å². The van der Waals surface area contributed by atoms with Gasteiger partial charge in [-0.1, -0.05) is 37.7 Å². The van der Waals surface area contributed by atoms with Gasteiger partial charge in [-0.15, -0.1) is 0 Å². The number of rotatable bonds is 2. The lowest BCUT2D eigenvalue weighted by Gasteiger charge is -2.36. The van der Waals surface area contributed by atoms with Crippen LogP contribution in [0.1, 0.15) is 25.8 Å². The number of anilines is 1. The first-order valence-corrected chi connectivity index (χ1v) is 7.10. The molecule has 1 aromatic carbocycles. The quantitative estimate of drug-likeness (QED) is 0.843. The van der Waals surface area contributed by atoms with Crippen molar-refractivity contribution >= 4 is 34.5 Å². The molecule has 0 spiro atoms. The zero-order valence-electron chi connectivity index (χ0n) is 10.8. The third kappa shape index (κ3) is 2.96. The van der Waals surface area contributed by atoms with Crippen LogP contribution in [0, 0.1) is 11.8 Å². The van der Waals surface area contributed by atoms with Crippen LogP contribution in [-0.4, -0.2) is 18.1 Å². The van der Waals surface area contributed by atoms with Crippen molar-refractivity contribution in [2.24, 2.45) is 17.6 Å². The maximum absolute atomic E-state index is 6.22. The molecule has 4 heteroatoms. The van der Waals surface area contributed by atoms with E-state index >= 15 is 0 Å². The van der Waals surface area contributed by atoms with Crippen molar-refractivity contribution < 1.29 is 0 Å². The molecule has 0 amide bonds. The number of halogens is 1. The summed E-state index contributed by atoms with van der Waals surface area (Å²) in [5.41, 5.74) is 7.54. The van der Waals surface area contributed by atoms with E-state index in [0.717, 1.165) is 30.5 Å². The van der Waals surface area contributed by atoms with Gasteiger partial charge in [-0.3, -0.25) is 0 Å². The highest BCUT2D eigenvalue weighted by Gasteiger charge is 2.22. The lowest BCUT2D eigenvalue weighted by atomic mass is 9.91. The number of hydrogen-bond acceptors (Lipinski definition) is 2. The lowest BCUT2D eigenvalue weighted by molar-refractivity contribution is 0.357. The maximum Gasteiger partial charge on any atom is 0.105 e. The maximum atomic E-state index is 6.22. The fraction of sp³-hybridized carbons (Fsp3) is 0.500. The third-order valence-electron chi connectivity index (χ3n) is 3.45. The number of piperidine rings is 1. The first-order valence-electron chi connectivity index (χ1n) is 6.31. The molecule has 0 aromatic heterocycles. The SMILES string of the molecule is CC1CC(C)CN(c2ccc(C(N)=S)c(Cl)c2)C1. The van der Waals surface area contributed by atoms with Crippen LogP contribution in [0.5, 0.6) is 0 Å². The molecular weight excluding hydrogens is 264 g/mol. The van der Waals surface area contributed by atoms with Crippen molar-refractivity contribution in [1.29, 1.82) is 0 Å². The average molecular weight is 283 g/mol.